The Labute approximate surface area is 249 Å². The van der Waals surface area contributed by atoms with Gasteiger partial charge in [0.2, 0.25) is 0 Å². The van der Waals surface area contributed by atoms with Gasteiger partial charge in [0.1, 0.15) is 6.04 Å². The zero-order chi connectivity index (χ0) is 37.6. The number of carboxylic acids is 1. The van der Waals surface area contributed by atoms with Crippen molar-refractivity contribution in [2.45, 2.75) is 83.4 Å². The first-order chi connectivity index (χ1) is 19.9. The molecular weight excluding hydrogens is 759 g/mol. The van der Waals surface area contributed by atoms with Gasteiger partial charge < -0.3 is 15.7 Å². The number of hydrogen-bond donors (Lipinski definition) is 3. The standard InChI is InChI=1S/C18H12Cl2F20N2O4/c19-17(37,38)15(33,34)13(29,30)11(25,26)9(21,22)7(45)41-4-2-1-3-5(6(43)44)42-8(46)10(23,24)12(27,28)14(31,32)16(35,36)18(20,39)40/h5H,1-4H2,(H,41,45)(H,42,46)(H,43,44). The highest BCUT2D eigenvalue weighted by molar-refractivity contribution is 6.22. The lowest BCUT2D eigenvalue weighted by atomic mass is 9.97. The van der Waals surface area contributed by atoms with E-state index in [9.17, 15) is 102 Å². The van der Waals surface area contributed by atoms with Crippen molar-refractivity contribution in [3.63, 3.8) is 0 Å². The van der Waals surface area contributed by atoms with Crippen LogP contribution in [0, 0.1) is 0 Å². The molecule has 272 valence electrons. The summed E-state index contributed by atoms with van der Waals surface area (Å²) in [5.41, 5.74) is 0. The van der Waals surface area contributed by atoms with Gasteiger partial charge in [-0.1, -0.05) is 0 Å². The molecule has 0 saturated heterocycles. The Kier molecular flexibility index (Phi) is 12.2. The number of unbranched alkanes of at least 4 members (excludes halogenated alkanes) is 1. The third kappa shape index (κ3) is 7.19. The fourth-order valence-electron chi connectivity index (χ4n) is 2.72. The highest BCUT2D eigenvalue weighted by Crippen LogP contribution is 2.59. The molecule has 0 saturated carbocycles. The van der Waals surface area contributed by atoms with Crippen LogP contribution in [0.5, 0.6) is 0 Å². The van der Waals surface area contributed by atoms with E-state index in [-0.39, 0.29) is 0 Å². The van der Waals surface area contributed by atoms with E-state index in [0.29, 0.717) is 10.6 Å². The monoisotopic (exact) mass is 770 g/mol. The Morgan fingerprint density at radius 3 is 1.15 bits per heavy atom. The third-order valence-corrected chi connectivity index (χ3v) is 5.93. The SMILES string of the molecule is O=C(O)C(CCCCNC(=O)C(F)(F)C(F)(F)C(F)(F)C(F)(F)C(F)(F)Cl)NC(=O)C(F)(F)C(F)(F)C(F)(F)C(F)(F)C(F)(F)Cl. The smallest absolute Gasteiger partial charge is 0.393 e. The van der Waals surface area contributed by atoms with Crippen LogP contribution in [-0.4, -0.2) is 93.6 Å². The zero-order valence-corrected chi connectivity index (χ0v) is 22.4. The fourth-order valence-corrected chi connectivity index (χ4v) is 2.96. The number of aliphatic carboxylic acids is 1. The molecule has 1 unspecified atom stereocenters. The van der Waals surface area contributed by atoms with Crippen LogP contribution in [0.2, 0.25) is 0 Å². The summed E-state index contributed by atoms with van der Waals surface area (Å²) in [6, 6.07) is -2.95. The van der Waals surface area contributed by atoms with Gasteiger partial charge in [-0.25, -0.2) is 4.79 Å². The Morgan fingerprint density at radius 2 is 0.848 bits per heavy atom. The summed E-state index contributed by atoms with van der Waals surface area (Å²) in [7, 11) is 0. The first kappa shape index (κ1) is 43.6. The van der Waals surface area contributed by atoms with Crippen LogP contribution in [0.4, 0.5) is 87.8 Å². The maximum absolute atomic E-state index is 13.8. The molecule has 46 heavy (non-hydrogen) atoms. The van der Waals surface area contributed by atoms with Crippen LogP contribution < -0.4 is 10.6 Å². The molecule has 0 bridgehead atoms. The minimum atomic E-state index is -7.81. The van der Waals surface area contributed by atoms with Gasteiger partial charge in [-0.3, -0.25) is 9.59 Å². The Balaban J connectivity index is 5.63. The van der Waals surface area contributed by atoms with E-state index >= 15 is 0 Å². The molecule has 2 amide bonds. The van der Waals surface area contributed by atoms with Crippen molar-refractivity contribution >= 4 is 41.0 Å². The van der Waals surface area contributed by atoms with Gasteiger partial charge in [-0.05, 0) is 42.5 Å². The van der Waals surface area contributed by atoms with E-state index in [0.717, 1.165) is 0 Å². The van der Waals surface area contributed by atoms with Crippen molar-refractivity contribution in [2.75, 3.05) is 6.54 Å². The van der Waals surface area contributed by atoms with Crippen LogP contribution in [0.1, 0.15) is 19.3 Å². The minimum Gasteiger partial charge on any atom is -0.480 e. The summed E-state index contributed by atoms with van der Waals surface area (Å²) < 4.78 is 265. The molecule has 0 aromatic heterocycles. The molecule has 0 aromatic rings. The first-order valence-electron chi connectivity index (χ1n) is 10.8. The number of carbonyl (C=O) groups is 3. The summed E-state index contributed by atoms with van der Waals surface area (Å²) in [5.74, 6) is -69.7. The predicted molar refractivity (Wildman–Crippen MR) is 108 cm³/mol. The van der Waals surface area contributed by atoms with Crippen molar-refractivity contribution in [2.24, 2.45) is 0 Å². The molecule has 28 heteroatoms. The van der Waals surface area contributed by atoms with E-state index in [1.54, 1.807) is 0 Å². The number of rotatable bonds is 17. The number of alkyl halides is 22. The van der Waals surface area contributed by atoms with Crippen molar-refractivity contribution in [1.29, 1.82) is 0 Å². The number of carbonyl (C=O) groups excluding carboxylic acids is 2. The van der Waals surface area contributed by atoms with Gasteiger partial charge in [0.15, 0.2) is 0 Å². The van der Waals surface area contributed by atoms with E-state index in [1.165, 1.54) is 0 Å². The Morgan fingerprint density at radius 1 is 0.522 bits per heavy atom. The predicted octanol–water partition coefficient (Wildman–Crippen LogP) is 6.59. The second-order valence-corrected chi connectivity index (χ2v) is 9.66. The molecule has 0 rings (SSSR count). The number of nitrogens with one attached hydrogen (secondary N) is 2. The molecule has 0 heterocycles. The summed E-state index contributed by atoms with van der Waals surface area (Å²) in [5, 5.41) is -3.27. The topological polar surface area (TPSA) is 95.5 Å². The highest BCUT2D eigenvalue weighted by atomic mass is 35.5. The van der Waals surface area contributed by atoms with Gasteiger partial charge in [0, 0.05) is 6.54 Å². The maximum Gasteiger partial charge on any atom is 0.393 e. The maximum atomic E-state index is 13.8. The van der Waals surface area contributed by atoms with Crippen LogP contribution in [0.25, 0.3) is 0 Å². The normalized spacial score (nSPS) is 15.8. The molecule has 0 aliphatic heterocycles. The highest BCUT2D eigenvalue weighted by Gasteiger charge is 2.89. The van der Waals surface area contributed by atoms with Gasteiger partial charge in [-0.2, -0.15) is 87.8 Å². The Hall–Kier alpha value is -2.41. The van der Waals surface area contributed by atoms with Crippen molar-refractivity contribution in [1.82, 2.24) is 10.6 Å². The summed E-state index contributed by atoms with van der Waals surface area (Å²) in [6.45, 7) is -1.50. The van der Waals surface area contributed by atoms with Crippen LogP contribution in [-0.2, 0) is 14.4 Å². The summed E-state index contributed by atoms with van der Waals surface area (Å²) >= 11 is 7.11. The lowest BCUT2D eigenvalue weighted by molar-refractivity contribution is -0.382. The largest absolute Gasteiger partial charge is 0.480 e. The second-order valence-electron chi connectivity index (χ2n) is 8.71. The number of carboxylic acid groups (broad SMARTS) is 1. The zero-order valence-electron chi connectivity index (χ0n) is 20.9. The van der Waals surface area contributed by atoms with Crippen LogP contribution in [0.3, 0.4) is 0 Å². The van der Waals surface area contributed by atoms with E-state index in [2.05, 4.69) is 23.2 Å². The molecule has 0 radical (unpaired) electrons. The molecule has 1 atom stereocenters. The minimum absolute atomic E-state index is 0.412. The van der Waals surface area contributed by atoms with Gasteiger partial charge in [0.05, 0.1) is 0 Å². The van der Waals surface area contributed by atoms with Gasteiger partial charge in [0.25, 0.3) is 11.8 Å². The quantitative estimate of drug-likeness (QED) is 0.0885. The molecule has 3 N–H and O–H groups in total. The van der Waals surface area contributed by atoms with E-state index in [1.807, 2.05) is 0 Å². The van der Waals surface area contributed by atoms with E-state index in [4.69, 9.17) is 5.11 Å². The lowest BCUT2D eigenvalue weighted by Gasteiger charge is -2.37. The van der Waals surface area contributed by atoms with E-state index < -0.39 is 108 Å². The van der Waals surface area contributed by atoms with Gasteiger partial charge in [-0.15, -0.1) is 0 Å². The number of amides is 2. The van der Waals surface area contributed by atoms with Gasteiger partial charge >= 0.3 is 64.1 Å². The molecule has 0 aliphatic carbocycles. The summed E-state index contributed by atoms with van der Waals surface area (Å²) in [6.07, 6.45) is -3.56. The first-order valence-corrected chi connectivity index (χ1v) is 11.6. The second kappa shape index (κ2) is 12.9. The average Bonchev–Trinajstić information content (AvgIpc) is 2.85. The molecule has 0 fully saturated rings. The number of halogens is 22. The van der Waals surface area contributed by atoms with Crippen molar-refractivity contribution in [3.8, 4) is 0 Å². The Bertz CT molecular complexity index is 1140. The number of hydrogen-bond acceptors (Lipinski definition) is 3. The van der Waals surface area contributed by atoms with Crippen molar-refractivity contribution < 1.29 is 107 Å². The van der Waals surface area contributed by atoms with Crippen molar-refractivity contribution in [3.05, 3.63) is 0 Å². The third-order valence-electron chi connectivity index (χ3n) is 5.46. The lowest BCUT2D eigenvalue weighted by Crippen LogP contribution is -2.69. The molecule has 0 aliphatic rings. The summed E-state index contributed by atoms with van der Waals surface area (Å²) in [4.78, 5) is 33.8. The van der Waals surface area contributed by atoms with Crippen LogP contribution in [0.15, 0.2) is 0 Å². The van der Waals surface area contributed by atoms with Crippen LogP contribution >= 0.6 is 23.2 Å². The molecule has 0 aromatic carbocycles. The average molecular weight is 771 g/mol. The molecule has 6 nitrogen and oxygen atoms in total. The molecule has 0 spiro atoms. The fraction of sp³-hybridized carbons (Fsp3) is 0.833. The molecular formula is C18H12Cl2F20N2O4.